The Bertz CT molecular complexity index is 923. The lowest BCUT2D eigenvalue weighted by Crippen LogP contribution is -2.49. The van der Waals surface area contributed by atoms with Gasteiger partial charge in [0, 0.05) is 43.2 Å². The summed E-state index contributed by atoms with van der Waals surface area (Å²) in [5, 5.41) is 2.47. The number of methoxy groups -OCH3 is 1. The van der Waals surface area contributed by atoms with Gasteiger partial charge in [-0.15, -0.1) is 24.8 Å². The first-order valence-electron chi connectivity index (χ1n) is 9.69. The maximum Gasteiger partial charge on any atom is 0.137 e. The standard InChI is InChI=1S/C23H27N3O.2ClH/c1-17(2)25-12-14-26(15-13-25)23-21-7-5-4-6-19(21)16-22(24-23)18-8-10-20(27-3)11-9-18;;/h4-11,16-17H,12-15H2,1-3H3;2*1H. The number of piperazine rings is 1. The van der Waals surface area contributed by atoms with Crippen molar-refractivity contribution in [3.05, 3.63) is 54.6 Å². The van der Waals surface area contributed by atoms with Crippen molar-refractivity contribution in [3.63, 3.8) is 0 Å². The van der Waals surface area contributed by atoms with Crippen molar-refractivity contribution >= 4 is 41.4 Å². The van der Waals surface area contributed by atoms with Gasteiger partial charge in [0.05, 0.1) is 12.8 Å². The number of anilines is 1. The number of aromatic nitrogens is 1. The van der Waals surface area contributed by atoms with Crippen molar-refractivity contribution in [1.29, 1.82) is 0 Å². The first-order chi connectivity index (χ1) is 13.2. The molecule has 3 aromatic rings. The summed E-state index contributed by atoms with van der Waals surface area (Å²) < 4.78 is 5.29. The monoisotopic (exact) mass is 433 g/mol. The quantitative estimate of drug-likeness (QED) is 0.558. The van der Waals surface area contributed by atoms with Gasteiger partial charge in [-0.2, -0.15) is 0 Å². The Morgan fingerprint density at radius 2 is 1.55 bits per heavy atom. The molecule has 2 heterocycles. The van der Waals surface area contributed by atoms with Gasteiger partial charge in [0.15, 0.2) is 0 Å². The molecule has 0 radical (unpaired) electrons. The van der Waals surface area contributed by atoms with Crippen molar-refractivity contribution < 1.29 is 4.74 Å². The van der Waals surface area contributed by atoms with Gasteiger partial charge in [0.1, 0.15) is 11.6 Å². The fraction of sp³-hybridized carbons (Fsp3) is 0.348. The molecule has 2 aromatic carbocycles. The van der Waals surface area contributed by atoms with Gasteiger partial charge < -0.3 is 9.64 Å². The summed E-state index contributed by atoms with van der Waals surface area (Å²) >= 11 is 0. The van der Waals surface area contributed by atoms with E-state index in [-0.39, 0.29) is 24.8 Å². The minimum absolute atomic E-state index is 0. The molecular formula is C23H29Cl2N3O. The summed E-state index contributed by atoms with van der Waals surface area (Å²) in [7, 11) is 1.69. The molecule has 4 rings (SSSR count). The van der Waals surface area contributed by atoms with E-state index < -0.39 is 0 Å². The van der Waals surface area contributed by atoms with E-state index in [0.717, 1.165) is 49.0 Å². The average Bonchev–Trinajstić information content (AvgIpc) is 2.73. The minimum atomic E-state index is 0. The second-order valence-corrected chi connectivity index (χ2v) is 7.40. The number of hydrogen-bond acceptors (Lipinski definition) is 4. The van der Waals surface area contributed by atoms with Crippen LogP contribution in [0.2, 0.25) is 0 Å². The van der Waals surface area contributed by atoms with E-state index in [4.69, 9.17) is 9.72 Å². The Hall–Kier alpha value is -2.01. The van der Waals surface area contributed by atoms with Gasteiger partial charge >= 0.3 is 0 Å². The number of nitrogens with zero attached hydrogens (tertiary/aromatic N) is 3. The van der Waals surface area contributed by atoms with Crippen LogP contribution in [0.15, 0.2) is 54.6 Å². The van der Waals surface area contributed by atoms with Crippen molar-refractivity contribution in [2.75, 3.05) is 38.2 Å². The number of halogens is 2. The van der Waals surface area contributed by atoms with E-state index in [9.17, 15) is 0 Å². The second kappa shape index (κ2) is 10.1. The smallest absolute Gasteiger partial charge is 0.137 e. The largest absolute Gasteiger partial charge is 0.497 e. The summed E-state index contributed by atoms with van der Waals surface area (Å²) in [6.07, 6.45) is 0. The molecule has 6 heteroatoms. The van der Waals surface area contributed by atoms with E-state index in [1.54, 1.807) is 7.11 Å². The summed E-state index contributed by atoms with van der Waals surface area (Å²) in [6.45, 7) is 8.74. The molecule has 1 aromatic heterocycles. The Balaban J connectivity index is 0.00000150. The lowest BCUT2D eigenvalue weighted by atomic mass is 10.1. The van der Waals surface area contributed by atoms with Gasteiger partial charge in [-0.05, 0) is 49.6 Å². The van der Waals surface area contributed by atoms with E-state index in [1.165, 1.54) is 10.8 Å². The number of benzene rings is 2. The van der Waals surface area contributed by atoms with Crippen LogP contribution in [-0.2, 0) is 0 Å². The first-order valence-corrected chi connectivity index (χ1v) is 9.69. The van der Waals surface area contributed by atoms with Crippen molar-refractivity contribution in [1.82, 2.24) is 9.88 Å². The summed E-state index contributed by atoms with van der Waals surface area (Å²) in [6, 6.07) is 19.5. The van der Waals surface area contributed by atoms with E-state index in [0.29, 0.717) is 6.04 Å². The summed E-state index contributed by atoms with van der Waals surface area (Å²) in [5.41, 5.74) is 2.13. The Morgan fingerprint density at radius 3 is 2.17 bits per heavy atom. The molecule has 1 saturated heterocycles. The number of ether oxygens (including phenoxy) is 1. The Morgan fingerprint density at radius 1 is 0.897 bits per heavy atom. The SMILES string of the molecule is COc1ccc(-c2cc3ccccc3c(N3CCN(C(C)C)CC3)n2)cc1.Cl.Cl. The topological polar surface area (TPSA) is 28.6 Å². The normalized spacial score (nSPS) is 14.4. The van der Waals surface area contributed by atoms with Crippen molar-refractivity contribution in [2.24, 2.45) is 0 Å². The number of hydrogen-bond donors (Lipinski definition) is 0. The van der Waals surface area contributed by atoms with E-state index >= 15 is 0 Å². The Kier molecular flexibility index (Phi) is 8.14. The fourth-order valence-corrected chi connectivity index (χ4v) is 3.78. The highest BCUT2D eigenvalue weighted by Gasteiger charge is 2.21. The molecule has 0 N–H and O–H groups in total. The zero-order valence-corrected chi connectivity index (χ0v) is 18.8. The van der Waals surface area contributed by atoms with Crippen molar-refractivity contribution in [2.45, 2.75) is 19.9 Å². The van der Waals surface area contributed by atoms with Gasteiger partial charge in [-0.3, -0.25) is 4.90 Å². The van der Waals surface area contributed by atoms with Crippen LogP contribution >= 0.6 is 24.8 Å². The van der Waals surface area contributed by atoms with Crippen LogP contribution in [0, 0.1) is 0 Å². The molecule has 0 aliphatic carbocycles. The lowest BCUT2D eigenvalue weighted by Gasteiger charge is -2.38. The molecule has 1 fully saturated rings. The third-order valence-corrected chi connectivity index (χ3v) is 5.45. The molecule has 0 unspecified atom stereocenters. The van der Waals surface area contributed by atoms with Crippen LogP contribution in [0.25, 0.3) is 22.0 Å². The molecule has 156 valence electrons. The molecule has 29 heavy (non-hydrogen) atoms. The highest BCUT2D eigenvalue weighted by Crippen LogP contribution is 2.31. The molecule has 0 saturated carbocycles. The molecular weight excluding hydrogens is 405 g/mol. The van der Waals surface area contributed by atoms with Crippen LogP contribution in [-0.4, -0.2) is 49.2 Å². The van der Waals surface area contributed by atoms with Crippen LogP contribution in [0.5, 0.6) is 5.75 Å². The molecule has 1 aliphatic rings. The molecule has 0 atom stereocenters. The number of pyridine rings is 1. The molecule has 0 amide bonds. The van der Waals surface area contributed by atoms with Crippen LogP contribution < -0.4 is 9.64 Å². The Labute approximate surface area is 185 Å². The zero-order valence-electron chi connectivity index (χ0n) is 17.2. The third-order valence-electron chi connectivity index (χ3n) is 5.45. The predicted octanol–water partition coefficient (Wildman–Crippen LogP) is 5.28. The molecule has 4 nitrogen and oxygen atoms in total. The maximum absolute atomic E-state index is 5.29. The highest BCUT2D eigenvalue weighted by atomic mass is 35.5. The van der Waals surface area contributed by atoms with Crippen LogP contribution in [0.1, 0.15) is 13.8 Å². The minimum Gasteiger partial charge on any atom is -0.497 e. The predicted molar refractivity (Wildman–Crippen MR) is 127 cm³/mol. The van der Waals surface area contributed by atoms with Gasteiger partial charge in [0.2, 0.25) is 0 Å². The number of rotatable bonds is 4. The van der Waals surface area contributed by atoms with Gasteiger partial charge in [0.25, 0.3) is 0 Å². The average molecular weight is 434 g/mol. The van der Waals surface area contributed by atoms with Crippen LogP contribution in [0.4, 0.5) is 5.82 Å². The van der Waals surface area contributed by atoms with Crippen molar-refractivity contribution in [3.8, 4) is 17.0 Å². The zero-order chi connectivity index (χ0) is 18.8. The fourth-order valence-electron chi connectivity index (χ4n) is 3.78. The van der Waals surface area contributed by atoms with Gasteiger partial charge in [-0.25, -0.2) is 4.98 Å². The molecule has 0 bridgehead atoms. The molecule has 1 aliphatic heterocycles. The third kappa shape index (κ3) is 4.95. The van der Waals surface area contributed by atoms with Crippen LogP contribution in [0.3, 0.4) is 0 Å². The summed E-state index contributed by atoms with van der Waals surface area (Å²) in [4.78, 5) is 10.1. The number of fused-ring (bicyclic) bond motifs is 1. The second-order valence-electron chi connectivity index (χ2n) is 7.40. The maximum atomic E-state index is 5.29. The van der Waals surface area contributed by atoms with Gasteiger partial charge in [-0.1, -0.05) is 24.3 Å². The first kappa shape index (κ1) is 23.3. The molecule has 0 spiro atoms. The van der Waals surface area contributed by atoms with E-state index in [2.05, 4.69) is 66.1 Å². The highest BCUT2D eigenvalue weighted by molar-refractivity contribution is 5.95. The lowest BCUT2D eigenvalue weighted by molar-refractivity contribution is 0.209. The summed E-state index contributed by atoms with van der Waals surface area (Å²) in [5.74, 6) is 1.96. The van der Waals surface area contributed by atoms with E-state index in [1.807, 2.05) is 12.1 Å².